The molecule has 0 spiro atoms. The molecule has 1 aromatic heterocycles. The molecule has 0 bridgehead atoms. The SMILES string of the molecule is CC1CCCN(S(=O)(=O)c2c(Br)nnn2C)C1C. The normalized spacial score (nSPS) is 26.4. The number of halogens is 1. The molecule has 102 valence electrons. The van der Waals surface area contributed by atoms with Gasteiger partial charge >= 0.3 is 0 Å². The Bertz CT molecular complexity index is 523. The standard InChI is InChI=1S/C10H17BrN4O2S/c1-7-5-4-6-15(8(7)2)18(16,17)10-9(11)12-13-14(10)3/h7-8H,4-6H2,1-3H3. The molecule has 8 heteroatoms. The third-order valence-electron chi connectivity index (χ3n) is 3.61. The Morgan fingerprint density at radius 1 is 1.39 bits per heavy atom. The Kier molecular flexibility index (Phi) is 3.80. The highest BCUT2D eigenvalue weighted by molar-refractivity contribution is 9.10. The summed E-state index contributed by atoms with van der Waals surface area (Å²) in [4.78, 5) is 0. The van der Waals surface area contributed by atoms with Crippen LogP contribution in [0.2, 0.25) is 0 Å². The first-order valence-corrected chi connectivity index (χ1v) is 8.16. The van der Waals surface area contributed by atoms with E-state index in [1.165, 1.54) is 4.68 Å². The molecule has 2 unspecified atom stereocenters. The van der Waals surface area contributed by atoms with E-state index >= 15 is 0 Å². The van der Waals surface area contributed by atoms with Crippen LogP contribution in [0.25, 0.3) is 0 Å². The Morgan fingerprint density at radius 3 is 2.61 bits per heavy atom. The first kappa shape index (κ1) is 14.0. The van der Waals surface area contributed by atoms with Gasteiger partial charge in [0.15, 0.2) is 4.60 Å². The number of aromatic nitrogens is 3. The fourth-order valence-corrected chi connectivity index (χ4v) is 5.15. The van der Waals surface area contributed by atoms with Crippen molar-refractivity contribution in [2.45, 2.75) is 37.8 Å². The quantitative estimate of drug-likeness (QED) is 0.818. The second-order valence-electron chi connectivity index (χ2n) is 4.78. The molecule has 18 heavy (non-hydrogen) atoms. The van der Waals surface area contributed by atoms with Crippen LogP contribution in [0.5, 0.6) is 0 Å². The summed E-state index contributed by atoms with van der Waals surface area (Å²) in [7, 11) is -1.95. The Labute approximate surface area is 116 Å². The molecule has 1 fully saturated rings. The third kappa shape index (κ3) is 2.21. The molecule has 1 aliphatic rings. The van der Waals surface area contributed by atoms with Crippen LogP contribution in [0.3, 0.4) is 0 Å². The number of sulfonamides is 1. The van der Waals surface area contributed by atoms with Gasteiger partial charge in [-0.15, -0.1) is 5.10 Å². The lowest BCUT2D eigenvalue weighted by Crippen LogP contribution is -2.46. The highest BCUT2D eigenvalue weighted by Crippen LogP contribution is 2.30. The van der Waals surface area contributed by atoms with Crippen LogP contribution >= 0.6 is 15.9 Å². The molecule has 1 aliphatic heterocycles. The molecule has 1 saturated heterocycles. The van der Waals surface area contributed by atoms with Gasteiger partial charge in [-0.2, -0.15) is 4.31 Å². The van der Waals surface area contributed by atoms with Gasteiger partial charge in [-0.05, 0) is 41.6 Å². The van der Waals surface area contributed by atoms with Gasteiger partial charge in [0.05, 0.1) is 0 Å². The lowest BCUT2D eigenvalue weighted by molar-refractivity contribution is 0.201. The van der Waals surface area contributed by atoms with Crippen molar-refractivity contribution < 1.29 is 8.42 Å². The van der Waals surface area contributed by atoms with Crippen molar-refractivity contribution in [2.75, 3.05) is 6.54 Å². The van der Waals surface area contributed by atoms with E-state index in [-0.39, 0.29) is 15.7 Å². The summed E-state index contributed by atoms with van der Waals surface area (Å²) in [5.74, 6) is 0.369. The van der Waals surface area contributed by atoms with E-state index in [1.807, 2.05) is 6.92 Å². The minimum Gasteiger partial charge on any atom is -0.235 e. The minimum absolute atomic E-state index is 0.00514. The van der Waals surface area contributed by atoms with Gasteiger partial charge in [-0.3, -0.25) is 0 Å². The third-order valence-corrected chi connectivity index (χ3v) is 6.48. The molecule has 0 aliphatic carbocycles. The Hall–Kier alpha value is -0.470. The molecule has 0 amide bonds. The van der Waals surface area contributed by atoms with Gasteiger partial charge in [0.1, 0.15) is 0 Å². The van der Waals surface area contributed by atoms with Crippen molar-refractivity contribution in [3.8, 4) is 0 Å². The average Bonchev–Trinajstić information content (AvgIpc) is 2.62. The van der Waals surface area contributed by atoms with E-state index in [0.29, 0.717) is 12.5 Å². The number of aryl methyl sites for hydroxylation is 1. The number of nitrogens with zero attached hydrogens (tertiary/aromatic N) is 4. The fraction of sp³-hybridized carbons (Fsp3) is 0.800. The van der Waals surface area contributed by atoms with Crippen LogP contribution in [-0.4, -0.2) is 40.3 Å². The number of rotatable bonds is 2. The highest BCUT2D eigenvalue weighted by Gasteiger charge is 2.37. The second-order valence-corrected chi connectivity index (χ2v) is 7.34. The van der Waals surface area contributed by atoms with Crippen molar-refractivity contribution in [3.63, 3.8) is 0 Å². The van der Waals surface area contributed by atoms with Crippen molar-refractivity contribution in [1.82, 2.24) is 19.3 Å². The summed E-state index contributed by atoms with van der Waals surface area (Å²) in [5.41, 5.74) is 0. The van der Waals surface area contributed by atoms with Crippen LogP contribution in [0.1, 0.15) is 26.7 Å². The zero-order chi connectivity index (χ0) is 13.5. The first-order valence-electron chi connectivity index (χ1n) is 5.92. The zero-order valence-electron chi connectivity index (χ0n) is 10.7. The van der Waals surface area contributed by atoms with Crippen LogP contribution in [0.15, 0.2) is 9.63 Å². The molecule has 0 N–H and O–H groups in total. The van der Waals surface area contributed by atoms with E-state index in [1.54, 1.807) is 11.4 Å². The maximum Gasteiger partial charge on any atom is 0.263 e. The molecule has 2 atom stereocenters. The van der Waals surface area contributed by atoms with E-state index in [2.05, 4.69) is 33.2 Å². The van der Waals surface area contributed by atoms with Gasteiger partial charge in [0, 0.05) is 19.6 Å². The van der Waals surface area contributed by atoms with Crippen LogP contribution < -0.4 is 0 Å². The molecule has 2 heterocycles. The molecule has 1 aromatic rings. The molecule has 0 aromatic carbocycles. The Morgan fingerprint density at radius 2 is 2.06 bits per heavy atom. The van der Waals surface area contributed by atoms with Gasteiger partial charge < -0.3 is 0 Å². The molecule has 0 saturated carbocycles. The molecule has 6 nitrogen and oxygen atoms in total. The summed E-state index contributed by atoms with van der Waals surface area (Å²) < 4.78 is 28.4. The van der Waals surface area contributed by atoms with Crippen LogP contribution in [-0.2, 0) is 17.1 Å². The van der Waals surface area contributed by atoms with E-state index < -0.39 is 10.0 Å². The maximum absolute atomic E-state index is 12.6. The van der Waals surface area contributed by atoms with E-state index in [9.17, 15) is 8.42 Å². The lowest BCUT2D eigenvalue weighted by atomic mass is 9.94. The largest absolute Gasteiger partial charge is 0.263 e. The summed E-state index contributed by atoms with van der Waals surface area (Å²) in [6.45, 7) is 4.60. The van der Waals surface area contributed by atoms with Gasteiger partial charge in [0.25, 0.3) is 10.0 Å². The van der Waals surface area contributed by atoms with Crippen molar-refractivity contribution in [1.29, 1.82) is 0 Å². The fourth-order valence-electron chi connectivity index (χ4n) is 2.34. The van der Waals surface area contributed by atoms with Gasteiger partial charge in [0.2, 0.25) is 5.03 Å². The monoisotopic (exact) mass is 336 g/mol. The maximum atomic E-state index is 12.6. The highest BCUT2D eigenvalue weighted by atomic mass is 79.9. The number of piperidine rings is 1. The van der Waals surface area contributed by atoms with Crippen molar-refractivity contribution >= 4 is 26.0 Å². The molecular formula is C10H17BrN4O2S. The predicted octanol–water partition coefficient (Wildman–Crippen LogP) is 1.39. The molecular weight excluding hydrogens is 320 g/mol. The first-order chi connectivity index (χ1) is 8.35. The average molecular weight is 337 g/mol. The van der Waals surface area contributed by atoms with Crippen LogP contribution in [0, 0.1) is 5.92 Å². The predicted molar refractivity (Wildman–Crippen MR) is 70.5 cm³/mol. The molecule has 2 rings (SSSR count). The summed E-state index contributed by atoms with van der Waals surface area (Å²) >= 11 is 3.15. The lowest BCUT2D eigenvalue weighted by Gasteiger charge is -2.36. The van der Waals surface area contributed by atoms with Gasteiger partial charge in [-0.1, -0.05) is 12.1 Å². The smallest absolute Gasteiger partial charge is 0.235 e. The van der Waals surface area contributed by atoms with Crippen molar-refractivity contribution in [3.05, 3.63) is 4.60 Å². The summed E-state index contributed by atoms with van der Waals surface area (Å²) in [6, 6.07) is 0.00514. The van der Waals surface area contributed by atoms with Crippen molar-refractivity contribution in [2.24, 2.45) is 13.0 Å². The topological polar surface area (TPSA) is 68.1 Å². The number of hydrogen-bond acceptors (Lipinski definition) is 4. The Balaban J connectivity index is 2.43. The minimum atomic E-state index is -3.54. The molecule has 0 radical (unpaired) electrons. The van der Waals surface area contributed by atoms with Gasteiger partial charge in [-0.25, -0.2) is 13.1 Å². The summed E-state index contributed by atoms with van der Waals surface area (Å²) in [5, 5.41) is 7.61. The second kappa shape index (κ2) is 4.90. The van der Waals surface area contributed by atoms with E-state index in [4.69, 9.17) is 0 Å². The van der Waals surface area contributed by atoms with Crippen LogP contribution in [0.4, 0.5) is 0 Å². The number of hydrogen-bond donors (Lipinski definition) is 0. The summed E-state index contributed by atoms with van der Waals surface area (Å²) in [6.07, 6.45) is 1.96. The van der Waals surface area contributed by atoms with E-state index in [0.717, 1.165) is 12.8 Å². The zero-order valence-corrected chi connectivity index (χ0v) is 13.1.